The predicted molar refractivity (Wildman–Crippen MR) is 143 cm³/mol. The van der Waals surface area contributed by atoms with Crippen LogP contribution in [0.3, 0.4) is 0 Å². The van der Waals surface area contributed by atoms with Crippen molar-refractivity contribution >= 4 is 23.6 Å². The fraction of sp³-hybridized carbons (Fsp3) is 0.323. The van der Waals surface area contributed by atoms with Gasteiger partial charge in [-0.3, -0.25) is 9.59 Å². The molecule has 0 amide bonds. The van der Waals surface area contributed by atoms with Gasteiger partial charge in [0.25, 0.3) is 0 Å². The van der Waals surface area contributed by atoms with Crippen LogP contribution in [0.5, 0.6) is 0 Å². The maximum absolute atomic E-state index is 14.0. The fourth-order valence-electron chi connectivity index (χ4n) is 5.65. The maximum atomic E-state index is 14.0. The second-order valence-electron chi connectivity index (χ2n) is 8.91. The van der Waals surface area contributed by atoms with Crippen LogP contribution in [0.15, 0.2) is 91.0 Å². The van der Waals surface area contributed by atoms with Crippen molar-refractivity contribution in [1.29, 1.82) is 0 Å². The lowest BCUT2D eigenvalue weighted by Crippen LogP contribution is -2.52. The summed E-state index contributed by atoms with van der Waals surface area (Å²) in [5.74, 6) is -4.18. The number of rotatable bonds is 9. The molecule has 0 bridgehead atoms. The molecular formula is C31H33NO6. The first-order valence-corrected chi connectivity index (χ1v) is 13.0. The first-order chi connectivity index (χ1) is 18.5. The van der Waals surface area contributed by atoms with Crippen molar-refractivity contribution in [2.75, 3.05) is 24.7 Å². The Balaban J connectivity index is 2.17. The van der Waals surface area contributed by atoms with Crippen LogP contribution >= 0.6 is 0 Å². The van der Waals surface area contributed by atoms with E-state index in [1.165, 1.54) is 0 Å². The molecule has 1 aliphatic heterocycles. The van der Waals surface area contributed by atoms with Crippen molar-refractivity contribution in [2.24, 2.45) is 11.8 Å². The van der Waals surface area contributed by atoms with E-state index in [4.69, 9.17) is 14.2 Å². The summed E-state index contributed by atoms with van der Waals surface area (Å²) < 4.78 is 16.7. The molecule has 198 valence electrons. The zero-order chi connectivity index (χ0) is 27.1. The van der Waals surface area contributed by atoms with Crippen LogP contribution in [0.1, 0.15) is 31.9 Å². The highest BCUT2D eigenvalue weighted by Gasteiger charge is 2.68. The molecule has 1 heterocycles. The van der Waals surface area contributed by atoms with Crippen molar-refractivity contribution in [1.82, 2.24) is 0 Å². The van der Waals surface area contributed by atoms with Crippen LogP contribution in [-0.2, 0) is 34.1 Å². The van der Waals surface area contributed by atoms with E-state index >= 15 is 0 Å². The van der Waals surface area contributed by atoms with Crippen LogP contribution in [0.25, 0.3) is 0 Å². The highest BCUT2D eigenvalue weighted by molar-refractivity contribution is 5.96. The average Bonchev–Trinajstić information content (AvgIpc) is 3.28. The van der Waals surface area contributed by atoms with Gasteiger partial charge in [-0.15, -0.1) is 0 Å². The molecule has 3 aromatic carbocycles. The number of hydrogen-bond acceptors (Lipinski definition) is 7. The number of hydrogen-bond donors (Lipinski definition) is 0. The fourth-order valence-corrected chi connectivity index (χ4v) is 5.65. The molecule has 0 N–H and O–H groups in total. The summed E-state index contributed by atoms with van der Waals surface area (Å²) in [5.41, 5.74) is 0.813. The molecule has 4 rings (SSSR count). The lowest BCUT2D eigenvalue weighted by Gasteiger charge is -2.45. The summed E-state index contributed by atoms with van der Waals surface area (Å²) in [5, 5.41) is 0. The van der Waals surface area contributed by atoms with Gasteiger partial charge in [-0.25, -0.2) is 4.79 Å². The zero-order valence-corrected chi connectivity index (χ0v) is 21.9. The number of carbonyl (C=O) groups excluding carboxylic acids is 3. The Labute approximate surface area is 223 Å². The molecular weight excluding hydrogens is 482 g/mol. The summed E-state index contributed by atoms with van der Waals surface area (Å²) in [6.45, 7) is 5.44. The number of esters is 3. The Hall–Kier alpha value is -4.13. The van der Waals surface area contributed by atoms with Gasteiger partial charge in [0, 0.05) is 5.69 Å². The van der Waals surface area contributed by atoms with Gasteiger partial charge >= 0.3 is 17.9 Å². The van der Waals surface area contributed by atoms with E-state index in [0.717, 1.165) is 11.1 Å². The Morgan fingerprint density at radius 2 is 1.05 bits per heavy atom. The number of nitrogens with zero attached hydrogens (tertiary/aromatic N) is 1. The van der Waals surface area contributed by atoms with E-state index in [9.17, 15) is 14.4 Å². The number of carbonyl (C=O) groups is 3. The van der Waals surface area contributed by atoms with Gasteiger partial charge < -0.3 is 19.1 Å². The smallest absolute Gasteiger partial charge is 0.329 e. The number of benzene rings is 3. The Bertz CT molecular complexity index is 1190. The zero-order valence-electron chi connectivity index (χ0n) is 21.9. The molecule has 0 unspecified atom stereocenters. The van der Waals surface area contributed by atoms with Gasteiger partial charge in [0.05, 0.1) is 19.8 Å². The third kappa shape index (κ3) is 4.64. The van der Waals surface area contributed by atoms with Gasteiger partial charge in [0.1, 0.15) is 23.4 Å². The van der Waals surface area contributed by atoms with Gasteiger partial charge in [-0.05, 0) is 44.0 Å². The van der Waals surface area contributed by atoms with Crippen molar-refractivity contribution < 1.29 is 28.6 Å². The minimum absolute atomic E-state index is 0.0927. The quantitative estimate of drug-likeness (QED) is 0.301. The molecule has 38 heavy (non-hydrogen) atoms. The Morgan fingerprint density at radius 3 is 1.53 bits per heavy atom. The number of para-hydroxylation sites is 1. The summed E-state index contributed by atoms with van der Waals surface area (Å²) in [6, 6.07) is 27.1. The molecule has 1 fully saturated rings. The maximum Gasteiger partial charge on any atom is 0.329 e. The Morgan fingerprint density at radius 1 is 0.632 bits per heavy atom. The highest BCUT2D eigenvalue weighted by atomic mass is 16.5. The van der Waals surface area contributed by atoms with E-state index in [1.807, 2.05) is 95.9 Å². The SMILES string of the molecule is CCOC(=O)[C@@H]1[C@@H](C(=O)OCC)N(c2ccccc2)C(c2ccccc2)(c2ccccc2)[C@H]1C(=O)OCC. The van der Waals surface area contributed by atoms with Crippen LogP contribution in [0.4, 0.5) is 5.69 Å². The van der Waals surface area contributed by atoms with Gasteiger partial charge in [0.2, 0.25) is 0 Å². The standard InChI is InChI=1S/C31H33NO6/c1-4-36-28(33)25-26(29(34)37-5-2)31(22-16-10-7-11-17-22,23-18-12-8-13-19-23)32(24-20-14-9-15-21-24)27(25)30(35)38-6-3/h7-21,25-27H,4-6H2,1-3H3/t25-,26+,27-/m0/s1. The normalized spacial score (nSPS) is 20.0. The molecule has 0 radical (unpaired) electrons. The van der Waals surface area contributed by atoms with Crippen LogP contribution in [0.2, 0.25) is 0 Å². The largest absolute Gasteiger partial charge is 0.466 e. The van der Waals surface area contributed by atoms with Crippen LogP contribution in [0, 0.1) is 11.8 Å². The van der Waals surface area contributed by atoms with Crippen molar-refractivity contribution in [3.63, 3.8) is 0 Å². The number of ether oxygens (including phenoxy) is 3. The topological polar surface area (TPSA) is 82.1 Å². The summed E-state index contributed by atoms with van der Waals surface area (Å²) in [7, 11) is 0. The summed E-state index contributed by atoms with van der Waals surface area (Å²) in [6.07, 6.45) is 0. The highest BCUT2D eigenvalue weighted by Crippen LogP contribution is 2.56. The van der Waals surface area contributed by atoms with Crippen LogP contribution < -0.4 is 4.90 Å². The van der Waals surface area contributed by atoms with Gasteiger partial charge in [-0.2, -0.15) is 0 Å². The van der Waals surface area contributed by atoms with Crippen molar-refractivity contribution in [3.8, 4) is 0 Å². The van der Waals surface area contributed by atoms with E-state index < -0.39 is 41.3 Å². The second kappa shape index (κ2) is 11.9. The third-order valence-corrected chi connectivity index (χ3v) is 6.90. The van der Waals surface area contributed by atoms with E-state index in [1.54, 1.807) is 20.8 Å². The lowest BCUT2D eigenvalue weighted by molar-refractivity contribution is -0.163. The van der Waals surface area contributed by atoms with Crippen molar-refractivity contribution in [3.05, 3.63) is 102 Å². The molecule has 7 heteroatoms. The molecule has 0 saturated carbocycles. The summed E-state index contributed by atoms with van der Waals surface area (Å²) in [4.78, 5) is 43.4. The third-order valence-electron chi connectivity index (χ3n) is 6.90. The minimum atomic E-state index is -1.30. The molecule has 7 nitrogen and oxygen atoms in total. The monoisotopic (exact) mass is 515 g/mol. The van der Waals surface area contributed by atoms with Gasteiger partial charge in [0.15, 0.2) is 0 Å². The average molecular weight is 516 g/mol. The summed E-state index contributed by atoms with van der Waals surface area (Å²) >= 11 is 0. The van der Waals surface area contributed by atoms with Crippen molar-refractivity contribution in [2.45, 2.75) is 32.4 Å². The van der Waals surface area contributed by atoms with Gasteiger partial charge in [-0.1, -0.05) is 78.9 Å². The second-order valence-corrected chi connectivity index (χ2v) is 8.91. The molecule has 0 spiro atoms. The molecule has 1 aliphatic rings. The van der Waals surface area contributed by atoms with Crippen LogP contribution in [-0.4, -0.2) is 43.8 Å². The first-order valence-electron chi connectivity index (χ1n) is 13.0. The van der Waals surface area contributed by atoms with E-state index in [0.29, 0.717) is 5.69 Å². The molecule has 0 aliphatic carbocycles. The molecule has 3 atom stereocenters. The predicted octanol–water partition coefficient (Wildman–Crippen LogP) is 4.74. The Kier molecular flexibility index (Phi) is 8.46. The minimum Gasteiger partial charge on any atom is -0.466 e. The van der Waals surface area contributed by atoms with E-state index in [2.05, 4.69) is 0 Å². The molecule has 0 aromatic heterocycles. The molecule has 3 aromatic rings. The lowest BCUT2D eigenvalue weighted by atomic mass is 9.70. The van der Waals surface area contributed by atoms with E-state index in [-0.39, 0.29) is 19.8 Å². The molecule has 1 saturated heterocycles. The first kappa shape index (κ1) is 26.9. The number of anilines is 1.